The number of rotatable bonds is 5. The monoisotopic (exact) mass is 361 g/mol. The van der Waals surface area contributed by atoms with E-state index in [0.29, 0.717) is 11.6 Å². The highest BCUT2D eigenvalue weighted by atomic mass is 16.2. The summed E-state index contributed by atoms with van der Waals surface area (Å²) in [5.74, 6) is -0.184. The fourth-order valence-corrected chi connectivity index (χ4v) is 2.55. The van der Waals surface area contributed by atoms with Gasteiger partial charge in [0, 0.05) is 22.6 Å². The van der Waals surface area contributed by atoms with Crippen molar-refractivity contribution < 1.29 is 7.65 Å². The second-order valence-electron chi connectivity index (χ2n) is 6.45. The molecule has 0 fully saturated rings. The number of hydrogen-bond acceptors (Lipinski definition) is 5. The lowest BCUT2D eigenvalue weighted by atomic mass is 10.0. The summed E-state index contributed by atoms with van der Waals surface area (Å²) in [6, 6.07) is 7.42. The highest BCUT2D eigenvalue weighted by molar-refractivity contribution is 6.13. The molecule has 1 aromatic carbocycles. The van der Waals surface area contributed by atoms with Crippen LogP contribution >= 0.6 is 0 Å². The van der Waals surface area contributed by atoms with E-state index in [9.17, 15) is 14.4 Å². The van der Waals surface area contributed by atoms with Crippen LogP contribution in [0.3, 0.4) is 0 Å². The third-order valence-electron chi connectivity index (χ3n) is 4.21. The average Bonchev–Trinajstić information content (AvgIpc) is 2.58. The largest absolute Gasteiger partial charge is 0.384 e. The summed E-state index contributed by atoms with van der Waals surface area (Å²) in [4.78, 5) is 36.3. The van der Waals surface area contributed by atoms with Gasteiger partial charge in [0.2, 0.25) is 5.91 Å². The van der Waals surface area contributed by atoms with Gasteiger partial charge in [-0.3, -0.25) is 18.7 Å². The van der Waals surface area contributed by atoms with Crippen LogP contribution in [0.2, 0.25) is 0 Å². The standard InChI is InChI=1S/C18H23N5O3.2H2/c1-10(2)11-5-7-12(8-6-11)21-14(24)9-13(19)15-16(20)22(3)18(26)23(4)17(15)25;;/h5-8,10,19H,9,20H2,1-4H3,(H,21,24);2*1H. The Morgan fingerprint density at radius 2 is 1.77 bits per heavy atom. The highest BCUT2D eigenvalue weighted by Gasteiger charge is 2.19. The van der Waals surface area contributed by atoms with E-state index in [-0.39, 0.29) is 26.4 Å². The van der Waals surface area contributed by atoms with Gasteiger partial charge in [0.1, 0.15) is 11.4 Å². The van der Waals surface area contributed by atoms with Crippen LogP contribution in [-0.2, 0) is 18.9 Å². The molecule has 0 spiro atoms. The molecule has 142 valence electrons. The first-order valence-electron chi connectivity index (χ1n) is 8.16. The molecule has 8 heteroatoms. The van der Waals surface area contributed by atoms with Crippen LogP contribution in [0.4, 0.5) is 11.5 Å². The minimum Gasteiger partial charge on any atom is -0.384 e. The van der Waals surface area contributed by atoms with Crippen LogP contribution in [0.1, 0.15) is 40.2 Å². The molecule has 0 aliphatic heterocycles. The SMILES string of the molecule is CC(C)c1ccc(NC(=O)CC(=N)c2c(N)n(C)c(=O)n(C)c2=O)cc1.[HH].[HH]. The first-order chi connectivity index (χ1) is 12.1. The third-order valence-corrected chi connectivity index (χ3v) is 4.21. The van der Waals surface area contributed by atoms with E-state index in [2.05, 4.69) is 19.2 Å². The Morgan fingerprint density at radius 3 is 2.31 bits per heavy atom. The number of hydrogen-bond donors (Lipinski definition) is 3. The molecule has 0 aliphatic rings. The van der Waals surface area contributed by atoms with Crippen molar-refractivity contribution in [3.8, 4) is 0 Å². The summed E-state index contributed by atoms with van der Waals surface area (Å²) in [6.45, 7) is 4.15. The van der Waals surface area contributed by atoms with Gasteiger partial charge in [-0.05, 0) is 23.6 Å². The maximum atomic E-state index is 12.2. The zero-order chi connectivity index (χ0) is 19.6. The summed E-state index contributed by atoms with van der Waals surface area (Å²) in [6.07, 6.45) is -0.330. The minimum absolute atomic E-state index is 0. The molecule has 0 aliphatic carbocycles. The molecule has 0 unspecified atom stereocenters. The first kappa shape index (κ1) is 19.2. The molecule has 26 heavy (non-hydrogen) atoms. The van der Waals surface area contributed by atoms with Gasteiger partial charge in [-0.1, -0.05) is 26.0 Å². The predicted molar refractivity (Wildman–Crippen MR) is 106 cm³/mol. The summed E-state index contributed by atoms with van der Waals surface area (Å²) in [5, 5.41) is 10.8. The van der Waals surface area contributed by atoms with Gasteiger partial charge in [-0.15, -0.1) is 0 Å². The second kappa shape index (κ2) is 7.38. The number of amides is 1. The van der Waals surface area contributed by atoms with Gasteiger partial charge in [0.25, 0.3) is 5.56 Å². The fraction of sp³-hybridized carbons (Fsp3) is 0.333. The number of aromatic nitrogens is 2. The molecule has 4 N–H and O–H groups in total. The normalized spacial score (nSPS) is 10.8. The molecule has 1 amide bonds. The summed E-state index contributed by atoms with van der Waals surface area (Å²) in [5.41, 5.74) is 5.91. The van der Waals surface area contributed by atoms with Gasteiger partial charge < -0.3 is 16.5 Å². The van der Waals surface area contributed by atoms with Crippen LogP contribution in [0, 0.1) is 5.41 Å². The number of nitrogens with one attached hydrogen (secondary N) is 2. The molecule has 0 atom stereocenters. The number of nitrogens with two attached hydrogens (primary N) is 1. The van der Waals surface area contributed by atoms with Crippen LogP contribution in [0.15, 0.2) is 33.9 Å². The third kappa shape index (κ3) is 3.74. The van der Waals surface area contributed by atoms with E-state index in [1.54, 1.807) is 12.1 Å². The Bertz CT molecular complexity index is 978. The van der Waals surface area contributed by atoms with Crippen molar-refractivity contribution >= 4 is 23.1 Å². The van der Waals surface area contributed by atoms with Crippen molar-refractivity contribution in [3.05, 3.63) is 56.2 Å². The molecule has 0 bridgehead atoms. The number of anilines is 2. The summed E-state index contributed by atoms with van der Waals surface area (Å²) < 4.78 is 1.94. The second-order valence-corrected chi connectivity index (χ2v) is 6.45. The lowest BCUT2D eigenvalue weighted by molar-refractivity contribution is -0.115. The predicted octanol–water partition coefficient (Wildman–Crippen LogP) is 1.68. The Hall–Kier alpha value is -3.16. The van der Waals surface area contributed by atoms with Gasteiger partial charge in [-0.25, -0.2) is 4.79 Å². The van der Waals surface area contributed by atoms with Gasteiger partial charge in [-0.2, -0.15) is 0 Å². The van der Waals surface area contributed by atoms with Crippen molar-refractivity contribution in [1.29, 1.82) is 5.41 Å². The average molecular weight is 361 g/mol. The molecule has 1 heterocycles. The van der Waals surface area contributed by atoms with E-state index >= 15 is 0 Å². The Kier molecular flexibility index (Phi) is 5.44. The zero-order valence-corrected chi connectivity index (χ0v) is 15.3. The molecular weight excluding hydrogens is 334 g/mol. The first-order valence-corrected chi connectivity index (χ1v) is 8.16. The highest BCUT2D eigenvalue weighted by Crippen LogP contribution is 2.17. The molecule has 0 radical (unpaired) electrons. The number of benzene rings is 1. The molecule has 1 aromatic heterocycles. The van der Waals surface area contributed by atoms with Crippen LogP contribution in [0.5, 0.6) is 0 Å². The molecular formula is C18H27N5O3. The quantitative estimate of drug-likeness (QED) is 0.701. The van der Waals surface area contributed by atoms with Crippen LogP contribution in [0.25, 0.3) is 0 Å². The van der Waals surface area contributed by atoms with Gasteiger partial charge in [0.05, 0.1) is 12.1 Å². The molecule has 0 saturated heterocycles. The number of carbonyl (C=O) groups excluding carboxylic acids is 1. The van der Waals surface area contributed by atoms with Crippen LogP contribution in [-0.4, -0.2) is 20.8 Å². The van der Waals surface area contributed by atoms with E-state index in [4.69, 9.17) is 11.1 Å². The zero-order valence-electron chi connectivity index (χ0n) is 15.3. The lowest BCUT2D eigenvalue weighted by Crippen LogP contribution is -2.42. The van der Waals surface area contributed by atoms with Gasteiger partial charge in [0.15, 0.2) is 0 Å². The molecule has 2 rings (SSSR count). The summed E-state index contributed by atoms with van der Waals surface area (Å²) >= 11 is 0. The van der Waals surface area contributed by atoms with Crippen molar-refractivity contribution in [2.24, 2.45) is 14.1 Å². The number of nitrogens with zero attached hydrogens (tertiary/aromatic N) is 2. The van der Waals surface area contributed by atoms with Crippen molar-refractivity contribution in [1.82, 2.24) is 9.13 Å². The Morgan fingerprint density at radius 1 is 1.19 bits per heavy atom. The minimum atomic E-state index is -0.690. The topological polar surface area (TPSA) is 123 Å². The maximum Gasteiger partial charge on any atom is 0.332 e. The van der Waals surface area contributed by atoms with E-state index in [0.717, 1.165) is 14.7 Å². The summed E-state index contributed by atoms with van der Waals surface area (Å²) in [7, 11) is 2.71. The molecule has 8 nitrogen and oxygen atoms in total. The fourth-order valence-electron chi connectivity index (χ4n) is 2.55. The molecule has 2 aromatic rings. The van der Waals surface area contributed by atoms with Crippen LogP contribution < -0.4 is 22.3 Å². The Balaban J connectivity index is 0.00000364. The van der Waals surface area contributed by atoms with E-state index < -0.39 is 17.2 Å². The van der Waals surface area contributed by atoms with E-state index in [1.807, 2.05) is 12.1 Å². The maximum absolute atomic E-state index is 12.2. The smallest absolute Gasteiger partial charge is 0.332 e. The van der Waals surface area contributed by atoms with Crippen molar-refractivity contribution in [2.45, 2.75) is 26.2 Å². The lowest BCUT2D eigenvalue weighted by Gasteiger charge is -2.12. The molecule has 0 saturated carbocycles. The Labute approximate surface area is 153 Å². The van der Waals surface area contributed by atoms with Crippen molar-refractivity contribution in [3.63, 3.8) is 0 Å². The van der Waals surface area contributed by atoms with E-state index in [1.165, 1.54) is 14.1 Å². The number of nitrogen functional groups attached to an aromatic ring is 1. The van der Waals surface area contributed by atoms with Crippen molar-refractivity contribution in [2.75, 3.05) is 11.1 Å². The number of carbonyl (C=O) groups is 1. The van der Waals surface area contributed by atoms with Gasteiger partial charge >= 0.3 is 5.69 Å².